The van der Waals surface area contributed by atoms with Gasteiger partial charge in [0.1, 0.15) is 5.69 Å². The highest BCUT2D eigenvalue weighted by molar-refractivity contribution is 9.10. The standard InChI is InChI=1S/C19H21BrClN3O/c20-16-6-7-17(21)14-9-11-23(12-15(14)16)19(25)18-8-10-22-24(18)13-4-2-1-3-5-13/h6-8,10,13H,1-5,9,11-12H2. The van der Waals surface area contributed by atoms with E-state index in [1.807, 2.05) is 27.8 Å². The summed E-state index contributed by atoms with van der Waals surface area (Å²) in [6.45, 7) is 1.28. The number of hydrogen-bond donors (Lipinski definition) is 0. The summed E-state index contributed by atoms with van der Waals surface area (Å²) in [5, 5.41) is 5.26. The highest BCUT2D eigenvalue weighted by Gasteiger charge is 2.28. The van der Waals surface area contributed by atoms with Gasteiger partial charge in [-0.25, -0.2) is 0 Å². The Morgan fingerprint density at radius 1 is 1.16 bits per heavy atom. The second-order valence-corrected chi connectivity index (χ2v) is 8.18. The number of halogens is 2. The molecule has 0 bridgehead atoms. The topological polar surface area (TPSA) is 38.1 Å². The van der Waals surface area contributed by atoms with Gasteiger partial charge >= 0.3 is 0 Å². The minimum atomic E-state index is 0.0700. The summed E-state index contributed by atoms with van der Waals surface area (Å²) in [5.41, 5.74) is 2.99. The van der Waals surface area contributed by atoms with Crippen LogP contribution in [0.5, 0.6) is 0 Å². The van der Waals surface area contributed by atoms with Gasteiger partial charge in [0.05, 0.1) is 6.04 Å². The molecule has 25 heavy (non-hydrogen) atoms. The lowest BCUT2D eigenvalue weighted by Crippen LogP contribution is -2.38. The second-order valence-electron chi connectivity index (χ2n) is 6.92. The van der Waals surface area contributed by atoms with Crippen LogP contribution in [-0.4, -0.2) is 27.1 Å². The van der Waals surface area contributed by atoms with Crippen molar-refractivity contribution in [2.45, 2.75) is 51.1 Å². The highest BCUT2D eigenvalue weighted by atomic mass is 79.9. The van der Waals surface area contributed by atoms with E-state index < -0.39 is 0 Å². The summed E-state index contributed by atoms with van der Waals surface area (Å²) in [5.74, 6) is 0.0700. The summed E-state index contributed by atoms with van der Waals surface area (Å²) >= 11 is 9.93. The lowest BCUT2D eigenvalue weighted by Gasteiger charge is -2.31. The van der Waals surface area contributed by atoms with Crippen LogP contribution in [0.1, 0.15) is 59.8 Å². The van der Waals surface area contributed by atoms with Crippen LogP contribution in [0.2, 0.25) is 5.02 Å². The van der Waals surface area contributed by atoms with E-state index in [0.29, 0.717) is 24.8 Å². The van der Waals surface area contributed by atoms with E-state index in [1.165, 1.54) is 19.3 Å². The normalized spacial score (nSPS) is 18.2. The van der Waals surface area contributed by atoms with Crippen molar-refractivity contribution in [3.63, 3.8) is 0 Å². The quantitative estimate of drug-likeness (QED) is 0.683. The van der Waals surface area contributed by atoms with Gasteiger partial charge in [-0.3, -0.25) is 9.48 Å². The third-order valence-corrected chi connectivity index (χ3v) is 6.49. The molecule has 1 amide bonds. The van der Waals surface area contributed by atoms with Gasteiger partial charge < -0.3 is 4.90 Å². The van der Waals surface area contributed by atoms with Gasteiger partial charge in [0.25, 0.3) is 5.91 Å². The Bertz CT molecular complexity index is 798. The van der Waals surface area contributed by atoms with E-state index >= 15 is 0 Å². The Labute approximate surface area is 161 Å². The van der Waals surface area contributed by atoms with Crippen LogP contribution in [0.4, 0.5) is 0 Å². The first-order valence-corrected chi connectivity index (χ1v) is 10.1. The number of rotatable bonds is 2. The van der Waals surface area contributed by atoms with Crippen molar-refractivity contribution in [1.82, 2.24) is 14.7 Å². The minimum Gasteiger partial charge on any atom is -0.333 e. The van der Waals surface area contributed by atoms with Crippen molar-refractivity contribution < 1.29 is 4.79 Å². The van der Waals surface area contributed by atoms with Crippen LogP contribution in [0.25, 0.3) is 0 Å². The maximum atomic E-state index is 13.1. The van der Waals surface area contributed by atoms with Crippen molar-refractivity contribution in [2.24, 2.45) is 0 Å². The Hall–Kier alpha value is -1.33. The molecule has 132 valence electrons. The maximum Gasteiger partial charge on any atom is 0.272 e. The first-order valence-electron chi connectivity index (χ1n) is 8.93. The van der Waals surface area contributed by atoms with Crippen LogP contribution in [-0.2, 0) is 13.0 Å². The van der Waals surface area contributed by atoms with Crippen molar-refractivity contribution in [3.05, 3.63) is 50.7 Å². The monoisotopic (exact) mass is 421 g/mol. The molecule has 0 radical (unpaired) electrons. The van der Waals surface area contributed by atoms with Crippen molar-refractivity contribution >= 4 is 33.4 Å². The summed E-state index contributed by atoms with van der Waals surface area (Å²) in [7, 11) is 0. The molecule has 2 aliphatic rings. The molecule has 1 aliphatic carbocycles. The number of benzene rings is 1. The molecule has 1 aromatic carbocycles. The van der Waals surface area contributed by atoms with Crippen LogP contribution in [0.3, 0.4) is 0 Å². The zero-order chi connectivity index (χ0) is 17.4. The smallest absolute Gasteiger partial charge is 0.272 e. The van der Waals surface area contributed by atoms with Crippen molar-refractivity contribution in [2.75, 3.05) is 6.54 Å². The fourth-order valence-corrected chi connectivity index (χ4v) is 4.80. The highest BCUT2D eigenvalue weighted by Crippen LogP contribution is 2.33. The fraction of sp³-hybridized carbons (Fsp3) is 0.474. The van der Waals surface area contributed by atoms with E-state index in [9.17, 15) is 4.79 Å². The second kappa shape index (κ2) is 7.12. The average molecular weight is 423 g/mol. The van der Waals surface area contributed by atoms with Crippen LogP contribution >= 0.6 is 27.5 Å². The first kappa shape index (κ1) is 17.1. The molecule has 1 saturated carbocycles. The molecular weight excluding hydrogens is 402 g/mol. The van der Waals surface area contributed by atoms with Gasteiger partial charge in [0.15, 0.2) is 0 Å². The molecule has 4 nitrogen and oxygen atoms in total. The lowest BCUT2D eigenvalue weighted by atomic mass is 9.95. The van der Waals surface area contributed by atoms with Crippen molar-refractivity contribution in [3.8, 4) is 0 Å². The number of hydrogen-bond acceptors (Lipinski definition) is 2. The summed E-state index contributed by atoms with van der Waals surface area (Å²) < 4.78 is 2.98. The molecule has 0 atom stereocenters. The van der Waals surface area contributed by atoms with E-state index in [2.05, 4.69) is 21.0 Å². The van der Waals surface area contributed by atoms with Crippen LogP contribution < -0.4 is 0 Å². The number of nitrogens with zero attached hydrogens (tertiary/aromatic N) is 3. The Morgan fingerprint density at radius 3 is 2.76 bits per heavy atom. The maximum absolute atomic E-state index is 13.1. The van der Waals surface area contributed by atoms with E-state index in [0.717, 1.165) is 39.9 Å². The first-order chi connectivity index (χ1) is 12.1. The average Bonchev–Trinajstić information content (AvgIpc) is 3.14. The molecule has 0 N–H and O–H groups in total. The van der Waals surface area contributed by atoms with Crippen LogP contribution in [0.15, 0.2) is 28.9 Å². The molecule has 0 unspecified atom stereocenters. The van der Waals surface area contributed by atoms with Crippen molar-refractivity contribution in [1.29, 1.82) is 0 Å². The number of fused-ring (bicyclic) bond motifs is 1. The molecule has 1 fully saturated rings. The Kier molecular flexibility index (Phi) is 4.87. The zero-order valence-electron chi connectivity index (χ0n) is 14.0. The van der Waals surface area contributed by atoms with E-state index in [1.54, 1.807) is 6.20 Å². The lowest BCUT2D eigenvalue weighted by molar-refractivity contribution is 0.0716. The molecule has 1 aliphatic heterocycles. The summed E-state index contributed by atoms with van der Waals surface area (Å²) in [6.07, 6.45) is 8.52. The largest absolute Gasteiger partial charge is 0.333 e. The summed E-state index contributed by atoms with van der Waals surface area (Å²) in [6, 6.07) is 6.10. The van der Waals surface area contributed by atoms with E-state index in [4.69, 9.17) is 11.6 Å². The van der Waals surface area contributed by atoms with Crippen LogP contribution in [0, 0.1) is 0 Å². The minimum absolute atomic E-state index is 0.0700. The Balaban J connectivity index is 1.58. The number of carbonyl (C=O) groups excluding carboxylic acids is 1. The number of amides is 1. The third-order valence-electron chi connectivity index (χ3n) is 5.39. The van der Waals surface area contributed by atoms with Gasteiger partial charge in [0.2, 0.25) is 0 Å². The predicted octanol–water partition coefficient (Wildman–Crippen LogP) is 5.00. The molecule has 4 rings (SSSR count). The number of aromatic nitrogens is 2. The molecule has 2 heterocycles. The molecule has 2 aromatic rings. The molecule has 0 spiro atoms. The zero-order valence-corrected chi connectivity index (χ0v) is 16.4. The SMILES string of the molecule is O=C(c1ccnn1C1CCCCC1)N1CCc2c(Cl)ccc(Br)c2C1. The number of carbonyl (C=O) groups is 1. The fourth-order valence-electron chi connectivity index (χ4n) is 4.03. The molecule has 1 aromatic heterocycles. The van der Waals surface area contributed by atoms with Gasteiger partial charge in [0, 0.05) is 28.8 Å². The predicted molar refractivity (Wildman–Crippen MR) is 102 cm³/mol. The molecule has 6 heteroatoms. The molecule has 0 saturated heterocycles. The molecular formula is C19H21BrClN3O. The van der Waals surface area contributed by atoms with Gasteiger partial charge in [-0.1, -0.05) is 46.8 Å². The van der Waals surface area contributed by atoms with Gasteiger partial charge in [-0.15, -0.1) is 0 Å². The third kappa shape index (κ3) is 3.24. The van der Waals surface area contributed by atoms with E-state index in [-0.39, 0.29) is 5.91 Å². The van der Waals surface area contributed by atoms with Gasteiger partial charge in [-0.2, -0.15) is 5.10 Å². The van der Waals surface area contributed by atoms with Gasteiger partial charge in [-0.05, 0) is 48.6 Å². The summed E-state index contributed by atoms with van der Waals surface area (Å²) in [4.78, 5) is 15.1. The Morgan fingerprint density at radius 2 is 1.96 bits per heavy atom.